The number of halogens is 2. The van der Waals surface area contributed by atoms with E-state index in [1.54, 1.807) is 23.1 Å². The molecule has 5 rings (SSSR count). The van der Waals surface area contributed by atoms with Crippen molar-refractivity contribution in [3.05, 3.63) is 78.3 Å². The molecular weight excluding hydrogens is 512 g/mol. The third-order valence-corrected chi connectivity index (χ3v) is 6.96. The van der Waals surface area contributed by atoms with Gasteiger partial charge in [0.1, 0.15) is 11.5 Å². The fourth-order valence-electron chi connectivity index (χ4n) is 4.04. The van der Waals surface area contributed by atoms with Crippen molar-refractivity contribution in [1.29, 1.82) is 0 Å². The Kier molecular flexibility index (Phi) is 7.61. The van der Waals surface area contributed by atoms with Crippen LogP contribution in [0.4, 0.5) is 14.7 Å². The quantitative estimate of drug-likeness (QED) is 0.250. The van der Waals surface area contributed by atoms with E-state index in [2.05, 4.69) is 30.9 Å². The average Bonchev–Trinajstić information content (AvgIpc) is 3.59. The van der Waals surface area contributed by atoms with Gasteiger partial charge in [-0.1, -0.05) is 29.5 Å². The van der Waals surface area contributed by atoms with Crippen LogP contribution in [0.2, 0.25) is 0 Å². The van der Waals surface area contributed by atoms with Gasteiger partial charge in [-0.25, -0.2) is 18.7 Å². The van der Waals surface area contributed by atoms with Crippen LogP contribution in [0.3, 0.4) is 0 Å². The van der Waals surface area contributed by atoms with E-state index in [-0.39, 0.29) is 37.1 Å². The summed E-state index contributed by atoms with van der Waals surface area (Å²) in [7, 11) is 0. The van der Waals surface area contributed by atoms with Crippen LogP contribution in [0.25, 0.3) is 31.8 Å². The average molecular weight is 536 g/mol. The summed E-state index contributed by atoms with van der Waals surface area (Å²) in [4.78, 5) is 21.3. The Hall–Kier alpha value is -4.29. The predicted octanol–water partition coefficient (Wildman–Crippen LogP) is 3.66. The lowest BCUT2D eigenvalue weighted by Crippen LogP contribution is -2.28. The number of aromatic nitrogens is 5. The first-order valence-corrected chi connectivity index (χ1v) is 12.6. The van der Waals surface area contributed by atoms with Crippen molar-refractivity contribution < 1.29 is 18.7 Å². The maximum Gasteiger partial charge on any atom is 0.224 e. The standard InChI is InChI=1S/C26H23F2N7O2S/c27-18-5-4-16(13-23(37)29-8-11-36)20(14-18)19-3-1-2-17-12-22(38-25(17)19)24-21(28)15-31-26(33-24)30-6-9-35-10-7-32-34-35/h1-5,7,10,12,14-15,36H,6,8-9,11,13H2,(H,29,37)(H,30,31,33). The highest BCUT2D eigenvalue weighted by Crippen LogP contribution is 2.40. The van der Waals surface area contributed by atoms with Crippen molar-refractivity contribution in [1.82, 2.24) is 30.3 Å². The van der Waals surface area contributed by atoms with Crippen LogP contribution in [0.5, 0.6) is 0 Å². The van der Waals surface area contributed by atoms with Crippen molar-refractivity contribution in [2.45, 2.75) is 13.0 Å². The Bertz CT molecular complexity index is 1570. The second-order valence-corrected chi connectivity index (χ2v) is 9.42. The topological polar surface area (TPSA) is 118 Å². The van der Waals surface area contributed by atoms with Crippen molar-refractivity contribution in [2.75, 3.05) is 25.0 Å². The molecule has 9 nitrogen and oxygen atoms in total. The molecule has 1 amide bonds. The third-order valence-electron chi connectivity index (χ3n) is 5.76. The lowest BCUT2D eigenvalue weighted by atomic mass is 9.96. The minimum absolute atomic E-state index is 0.0222. The summed E-state index contributed by atoms with van der Waals surface area (Å²) in [6.45, 7) is 0.981. The van der Waals surface area contributed by atoms with Crippen LogP contribution in [0, 0.1) is 11.6 Å². The zero-order valence-corrected chi connectivity index (χ0v) is 20.9. The maximum absolute atomic E-state index is 14.8. The van der Waals surface area contributed by atoms with E-state index in [4.69, 9.17) is 5.11 Å². The molecule has 3 aromatic heterocycles. The number of anilines is 1. The summed E-state index contributed by atoms with van der Waals surface area (Å²) < 4.78 is 31.6. The number of benzene rings is 2. The van der Waals surface area contributed by atoms with Gasteiger partial charge in [-0.3, -0.25) is 9.48 Å². The van der Waals surface area contributed by atoms with Crippen LogP contribution in [-0.4, -0.2) is 55.7 Å². The number of aliphatic hydroxyl groups excluding tert-OH is 1. The first-order chi connectivity index (χ1) is 18.5. The van der Waals surface area contributed by atoms with Gasteiger partial charge in [0.25, 0.3) is 0 Å². The summed E-state index contributed by atoms with van der Waals surface area (Å²) in [5, 5.41) is 23.2. The summed E-state index contributed by atoms with van der Waals surface area (Å²) in [6, 6.07) is 11.7. The molecule has 5 aromatic rings. The molecule has 12 heteroatoms. The summed E-state index contributed by atoms with van der Waals surface area (Å²) in [5.74, 6) is -0.998. The number of aliphatic hydroxyl groups is 1. The van der Waals surface area contributed by atoms with Gasteiger partial charge in [0.2, 0.25) is 11.9 Å². The number of amides is 1. The second-order valence-electron chi connectivity index (χ2n) is 8.37. The Morgan fingerprint density at radius 2 is 2.00 bits per heavy atom. The van der Waals surface area contributed by atoms with Gasteiger partial charge in [0, 0.05) is 24.0 Å². The molecule has 194 valence electrons. The van der Waals surface area contributed by atoms with E-state index in [9.17, 15) is 13.6 Å². The second kappa shape index (κ2) is 11.4. The van der Waals surface area contributed by atoms with E-state index >= 15 is 0 Å². The lowest BCUT2D eigenvalue weighted by molar-refractivity contribution is -0.120. The van der Waals surface area contributed by atoms with Gasteiger partial charge in [-0.15, -0.1) is 16.4 Å². The number of hydrogen-bond donors (Lipinski definition) is 3. The molecule has 0 atom stereocenters. The fraction of sp³-hybridized carbons (Fsp3) is 0.192. The van der Waals surface area contributed by atoms with E-state index in [1.807, 2.05) is 24.3 Å². The van der Waals surface area contributed by atoms with Crippen LogP contribution < -0.4 is 10.6 Å². The minimum Gasteiger partial charge on any atom is -0.395 e. The van der Waals surface area contributed by atoms with Crippen molar-refractivity contribution >= 4 is 33.3 Å². The van der Waals surface area contributed by atoms with E-state index in [0.29, 0.717) is 29.1 Å². The number of carbonyl (C=O) groups excluding carboxylic acids is 1. The molecule has 0 aliphatic carbocycles. The highest BCUT2D eigenvalue weighted by molar-refractivity contribution is 7.22. The monoisotopic (exact) mass is 535 g/mol. The molecule has 0 bridgehead atoms. The van der Waals surface area contributed by atoms with Crippen LogP contribution in [-0.2, 0) is 17.8 Å². The zero-order chi connectivity index (χ0) is 26.5. The fourth-order valence-corrected chi connectivity index (χ4v) is 5.21. The molecule has 0 spiro atoms. The number of thiophene rings is 1. The number of rotatable bonds is 10. The van der Waals surface area contributed by atoms with Crippen molar-refractivity contribution in [3.63, 3.8) is 0 Å². The van der Waals surface area contributed by atoms with Crippen molar-refractivity contribution in [2.24, 2.45) is 0 Å². The summed E-state index contributed by atoms with van der Waals surface area (Å²) in [6.07, 6.45) is 4.47. The van der Waals surface area contributed by atoms with Crippen molar-refractivity contribution in [3.8, 4) is 21.7 Å². The number of fused-ring (bicyclic) bond motifs is 1. The number of nitrogens with one attached hydrogen (secondary N) is 2. The van der Waals surface area contributed by atoms with Gasteiger partial charge < -0.3 is 15.7 Å². The number of hydrogen-bond acceptors (Lipinski definition) is 8. The summed E-state index contributed by atoms with van der Waals surface area (Å²) in [5.41, 5.74) is 2.08. The van der Waals surface area contributed by atoms with Gasteiger partial charge in [0.15, 0.2) is 5.82 Å². The van der Waals surface area contributed by atoms with Crippen LogP contribution >= 0.6 is 11.3 Å². The molecule has 3 N–H and O–H groups in total. The third kappa shape index (κ3) is 5.66. The molecule has 0 aliphatic rings. The minimum atomic E-state index is -0.563. The zero-order valence-electron chi connectivity index (χ0n) is 20.1. The largest absolute Gasteiger partial charge is 0.395 e. The van der Waals surface area contributed by atoms with Gasteiger partial charge >= 0.3 is 0 Å². The predicted molar refractivity (Wildman–Crippen MR) is 141 cm³/mol. The molecule has 0 saturated heterocycles. The highest BCUT2D eigenvalue weighted by atomic mass is 32.1. The molecule has 0 radical (unpaired) electrons. The normalized spacial score (nSPS) is 11.1. The molecular formula is C26H23F2N7O2S. The van der Waals surface area contributed by atoms with Gasteiger partial charge in [-0.2, -0.15) is 0 Å². The molecule has 0 saturated carbocycles. The Labute approximate surface area is 220 Å². The molecule has 38 heavy (non-hydrogen) atoms. The smallest absolute Gasteiger partial charge is 0.224 e. The number of carbonyl (C=O) groups is 1. The van der Waals surface area contributed by atoms with E-state index < -0.39 is 11.6 Å². The number of nitrogens with zero attached hydrogens (tertiary/aromatic N) is 5. The van der Waals surface area contributed by atoms with E-state index in [1.165, 1.54) is 23.5 Å². The molecule has 0 aliphatic heterocycles. The van der Waals surface area contributed by atoms with Gasteiger partial charge in [0.05, 0.1) is 36.8 Å². The summed E-state index contributed by atoms with van der Waals surface area (Å²) >= 11 is 1.33. The Morgan fingerprint density at radius 1 is 1.11 bits per heavy atom. The van der Waals surface area contributed by atoms with Crippen LogP contribution in [0.15, 0.2) is 61.1 Å². The highest BCUT2D eigenvalue weighted by Gasteiger charge is 2.18. The molecule has 0 fully saturated rings. The van der Waals surface area contributed by atoms with Gasteiger partial charge in [-0.05, 0) is 40.3 Å². The molecule has 0 unspecified atom stereocenters. The Morgan fingerprint density at radius 3 is 2.82 bits per heavy atom. The lowest BCUT2D eigenvalue weighted by Gasteiger charge is -2.11. The van der Waals surface area contributed by atoms with Crippen LogP contribution in [0.1, 0.15) is 5.56 Å². The Balaban J connectivity index is 1.47. The van der Waals surface area contributed by atoms with E-state index in [0.717, 1.165) is 21.8 Å². The molecule has 3 heterocycles. The molecule has 2 aromatic carbocycles. The SMILES string of the molecule is O=C(Cc1ccc(F)cc1-c1cccc2cc(-c3nc(NCCn4ccnn4)ncc3F)sc12)NCCO. The maximum atomic E-state index is 14.8. The first-order valence-electron chi connectivity index (χ1n) is 11.8. The first kappa shape index (κ1) is 25.4.